The van der Waals surface area contributed by atoms with Crippen LogP contribution in [0.4, 0.5) is 0 Å². The molecule has 0 amide bonds. The summed E-state index contributed by atoms with van der Waals surface area (Å²) in [7, 11) is 0. The molecule has 0 N–H and O–H groups in total. The van der Waals surface area contributed by atoms with Gasteiger partial charge in [0.05, 0.1) is 11.1 Å². The van der Waals surface area contributed by atoms with Crippen molar-refractivity contribution >= 4 is 21.5 Å². The van der Waals surface area contributed by atoms with Crippen LogP contribution in [0.15, 0.2) is 23.1 Å². The largest absolute Gasteiger partial charge is 0.500 e. The lowest BCUT2D eigenvalue weighted by Crippen LogP contribution is -1.92. The van der Waals surface area contributed by atoms with E-state index in [4.69, 9.17) is 10.00 Å². The molecule has 1 rings (SSSR count). The normalized spacial score (nSPS) is 10.8. The average molecular weight is 254 g/mol. The lowest BCUT2D eigenvalue weighted by Gasteiger charge is -1.97. The molecule has 14 heavy (non-hydrogen) atoms. The molecule has 0 aliphatic heterocycles. The summed E-state index contributed by atoms with van der Waals surface area (Å²) in [4.78, 5) is 7.95. The first-order valence-corrected chi connectivity index (χ1v) is 4.77. The molecule has 0 radical (unpaired) electrons. The van der Waals surface area contributed by atoms with Crippen molar-refractivity contribution in [3.05, 3.63) is 29.0 Å². The molecule has 4 nitrogen and oxygen atoms in total. The maximum Gasteiger partial charge on any atom is 0.173 e. The van der Waals surface area contributed by atoms with E-state index < -0.39 is 0 Å². The molecule has 0 aromatic carbocycles. The van der Waals surface area contributed by atoms with E-state index in [1.54, 1.807) is 12.4 Å². The van der Waals surface area contributed by atoms with Crippen LogP contribution in [0.2, 0.25) is 0 Å². The number of nitriles is 1. The van der Waals surface area contributed by atoms with E-state index in [0.29, 0.717) is 18.0 Å². The second-order valence-electron chi connectivity index (χ2n) is 2.32. The highest BCUT2D eigenvalue weighted by atomic mass is 79.9. The molecule has 0 spiro atoms. The van der Waals surface area contributed by atoms with Gasteiger partial charge in [0.15, 0.2) is 5.82 Å². The predicted molar refractivity (Wildman–Crippen MR) is 54.9 cm³/mol. The van der Waals surface area contributed by atoms with Gasteiger partial charge >= 0.3 is 0 Å². The molecule has 0 aliphatic carbocycles. The van der Waals surface area contributed by atoms with Gasteiger partial charge in [-0.1, -0.05) is 0 Å². The summed E-state index contributed by atoms with van der Waals surface area (Å²) in [5.74, 6) is 0.365. The smallest absolute Gasteiger partial charge is 0.173 e. The van der Waals surface area contributed by atoms with Gasteiger partial charge in [-0.2, -0.15) is 5.26 Å². The van der Waals surface area contributed by atoms with E-state index in [2.05, 4.69) is 25.9 Å². The third kappa shape index (κ3) is 2.82. The minimum Gasteiger partial charge on any atom is -0.500 e. The summed E-state index contributed by atoms with van der Waals surface area (Å²) in [6.07, 6.45) is 4.53. The zero-order valence-electron chi connectivity index (χ0n) is 7.57. The molecule has 0 fully saturated rings. The lowest BCUT2D eigenvalue weighted by molar-refractivity contribution is 0.271. The highest BCUT2D eigenvalue weighted by Gasteiger charge is 2.03. The molecule has 1 aromatic rings. The minimum absolute atomic E-state index is 0.319. The van der Waals surface area contributed by atoms with Gasteiger partial charge in [-0.25, -0.2) is 9.97 Å². The number of hydrogen-bond donors (Lipinski definition) is 0. The Bertz CT molecular complexity index is 367. The Morgan fingerprint density at radius 3 is 2.79 bits per heavy atom. The maximum absolute atomic E-state index is 8.79. The fourth-order valence-electron chi connectivity index (χ4n) is 0.747. The molecule has 5 heteroatoms. The fourth-order valence-corrected chi connectivity index (χ4v) is 0.952. The first-order valence-electron chi connectivity index (χ1n) is 3.97. The van der Waals surface area contributed by atoms with Crippen LogP contribution < -0.4 is 0 Å². The first kappa shape index (κ1) is 10.7. The molecular weight excluding hydrogens is 246 g/mol. The van der Waals surface area contributed by atoms with Gasteiger partial charge in [-0.05, 0) is 22.9 Å². The van der Waals surface area contributed by atoms with Crippen molar-refractivity contribution in [1.29, 1.82) is 5.26 Å². The number of aromatic nitrogens is 2. The van der Waals surface area contributed by atoms with Crippen molar-refractivity contribution in [3.63, 3.8) is 0 Å². The lowest BCUT2D eigenvalue weighted by atomic mass is 10.3. The van der Waals surface area contributed by atoms with Crippen molar-refractivity contribution in [3.8, 4) is 6.07 Å². The van der Waals surface area contributed by atoms with Crippen molar-refractivity contribution < 1.29 is 4.74 Å². The van der Waals surface area contributed by atoms with Crippen molar-refractivity contribution in [2.45, 2.75) is 6.92 Å². The molecule has 72 valence electrons. The second kappa shape index (κ2) is 5.35. The van der Waals surface area contributed by atoms with Gasteiger partial charge in [0.2, 0.25) is 0 Å². The van der Waals surface area contributed by atoms with Crippen LogP contribution in [0.1, 0.15) is 12.7 Å². The van der Waals surface area contributed by atoms with Gasteiger partial charge in [0.1, 0.15) is 17.9 Å². The van der Waals surface area contributed by atoms with Crippen LogP contribution >= 0.6 is 15.9 Å². The average Bonchev–Trinajstić information content (AvgIpc) is 2.21. The van der Waals surface area contributed by atoms with Crippen LogP contribution in [-0.2, 0) is 4.74 Å². The Morgan fingerprint density at radius 2 is 2.29 bits per heavy atom. The Balaban J connectivity index is 2.91. The minimum atomic E-state index is 0.319. The maximum atomic E-state index is 8.79. The SMILES string of the molecule is CCO/C=C(\C#N)c1ncc(Br)cn1. The van der Waals surface area contributed by atoms with E-state index in [9.17, 15) is 0 Å². The number of ether oxygens (including phenoxy) is 1. The monoisotopic (exact) mass is 253 g/mol. The summed E-state index contributed by atoms with van der Waals surface area (Å²) < 4.78 is 5.77. The summed E-state index contributed by atoms with van der Waals surface area (Å²) in [5.41, 5.74) is 0.319. The van der Waals surface area contributed by atoms with E-state index in [-0.39, 0.29) is 0 Å². The zero-order chi connectivity index (χ0) is 10.4. The Morgan fingerprint density at radius 1 is 1.64 bits per heavy atom. The van der Waals surface area contributed by atoms with Gasteiger partial charge in [-0.15, -0.1) is 0 Å². The van der Waals surface area contributed by atoms with E-state index in [0.717, 1.165) is 4.47 Å². The van der Waals surface area contributed by atoms with Crippen molar-refractivity contribution in [1.82, 2.24) is 9.97 Å². The Labute approximate surface area is 90.4 Å². The van der Waals surface area contributed by atoms with E-state index in [1.165, 1.54) is 6.26 Å². The Hall–Kier alpha value is -1.41. The Kier molecular flexibility index (Phi) is 4.08. The molecule has 0 bridgehead atoms. The number of halogens is 1. The van der Waals surface area contributed by atoms with Crippen LogP contribution in [0.3, 0.4) is 0 Å². The molecule has 0 aliphatic rings. The molecule has 1 heterocycles. The molecule has 0 unspecified atom stereocenters. The number of allylic oxidation sites excluding steroid dienone is 1. The fraction of sp³-hybridized carbons (Fsp3) is 0.222. The first-order chi connectivity index (χ1) is 6.77. The highest BCUT2D eigenvalue weighted by molar-refractivity contribution is 9.10. The molecular formula is C9H8BrN3O. The van der Waals surface area contributed by atoms with Crippen LogP contribution in [-0.4, -0.2) is 16.6 Å². The van der Waals surface area contributed by atoms with Crippen LogP contribution in [0.25, 0.3) is 5.57 Å². The van der Waals surface area contributed by atoms with Gasteiger partial charge in [0, 0.05) is 12.4 Å². The third-order valence-electron chi connectivity index (χ3n) is 1.35. The van der Waals surface area contributed by atoms with Gasteiger partial charge < -0.3 is 4.74 Å². The molecule has 0 saturated carbocycles. The number of nitrogens with zero attached hydrogens (tertiary/aromatic N) is 3. The summed E-state index contributed by atoms with van der Waals surface area (Å²) >= 11 is 3.21. The van der Waals surface area contributed by atoms with Crippen molar-refractivity contribution in [2.24, 2.45) is 0 Å². The van der Waals surface area contributed by atoms with Gasteiger partial charge in [-0.3, -0.25) is 0 Å². The topological polar surface area (TPSA) is 58.8 Å². The van der Waals surface area contributed by atoms with Crippen LogP contribution in [0.5, 0.6) is 0 Å². The van der Waals surface area contributed by atoms with Crippen molar-refractivity contribution in [2.75, 3.05) is 6.61 Å². The second-order valence-corrected chi connectivity index (χ2v) is 3.24. The zero-order valence-corrected chi connectivity index (χ0v) is 9.15. The van der Waals surface area contributed by atoms with E-state index in [1.807, 2.05) is 13.0 Å². The number of hydrogen-bond acceptors (Lipinski definition) is 4. The molecule has 0 saturated heterocycles. The molecule has 0 atom stereocenters. The highest BCUT2D eigenvalue weighted by Crippen LogP contribution is 2.10. The van der Waals surface area contributed by atoms with E-state index >= 15 is 0 Å². The molecule has 1 aromatic heterocycles. The quantitative estimate of drug-likeness (QED) is 0.612. The standard InChI is InChI=1S/C9H8BrN3O/c1-2-14-6-7(3-11)9-12-4-8(10)5-13-9/h4-6H,2H2,1H3/b7-6+. The summed E-state index contributed by atoms with van der Waals surface area (Å²) in [6, 6.07) is 1.97. The summed E-state index contributed by atoms with van der Waals surface area (Å²) in [5, 5.41) is 8.79. The van der Waals surface area contributed by atoms with Gasteiger partial charge in [0.25, 0.3) is 0 Å². The predicted octanol–water partition coefficient (Wildman–Crippen LogP) is 2.14. The third-order valence-corrected chi connectivity index (χ3v) is 1.76. The number of rotatable bonds is 3. The summed E-state index contributed by atoms with van der Waals surface area (Å²) in [6.45, 7) is 2.36. The van der Waals surface area contributed by atoms with Crippen LogP contribution in [0, 0.1) is 11.3 Å².